The van der Waals surface area contributed by atoms with Crippen LogP contribution in [-0.2, 0) is 4.74 Å². The molecule has 0 atom stereocenters. The molecular weight excluding hydrogens is 288 g/mol. The second-order valence-electron chi connectivity index (χ2n) is 4.01. The van der Waals surface area contributed by atoms with Crippen molar-refractivity contribution in [1.29, 1.82) is 0 Å². The van der Waals surface area contributed by atoms with Crippen molar-refractivity contribution in [3.63, 3.8) is 0 Å². The number of rotatable bonds is 4. The van der Waals surface area contributed by atoms with E-state index in [1.165, 1.54) is 0 Å². The van der Waals surface area contributed by atoms with Gasteiger partial charge in [-0.1, -0.05) is 0 Å². The van der Waals surface area contributed by atoms with Gasteiger partial charge in [-0.25, -0.2) is 9.18 Å². The molecule has 0 spiro atoms. The molecule has 0 radical (unpaired) electrons. The van der Waals surface area contributed by atoms with Gasteiger partial charge in [0.15, 0.2) is 23.6 Å². The minimum Gasteiger partial charge on any atom is -0.503 e. The Kier molecular flexibility index (Phi) is 3.79. The van der Waals surface area contributed by atoms with Gasteiger partial charge in [-0.15, -0.1) is 0 Å². The Bertz CT molecular complexity index is 738. The smallest absolute Gasteiger partial charge is 0.355 e. The number of aromatic hydroxyl groups is 1. The number of ether oxygens (including phenoxy) is 2. The maximum atomic E-state index is 14.2. The number of phenolic OH excluding ortho intramolecular Hbond substituents is 1. The molecule has 0 aliphatic carbocycles. The fourth-order valence-corrected chi connectivity index (χ4v) is 2.01. The lowest BCUT2D eigenvalue weighted by atomic mass is 10.1. The first kappa shape index (κ1) is 14.8. The van der Waals surface area contributed by atoms with E-state index in [1.54, 1.807) is 6.92 Å². The van der Waals surface area contributed by atoms with E-state index in [-0.39, 0.29) is 24.2 Å². The minimum atomic E-state index is -1.34. The van der Waals surface area contributed by atoms with Gasteiger partial charge in [0.05, 0.1) is 30.2 Å². The van der Waals surface area contributed by atoms with Crippen LogP contribution >= 0.6 is 0 Å². The van der Waals surface area contributed by atoms with Gasteiger partial charge in [-0.3, -0.25) is 4.79 Å². The Balaban J connectivity index is 2.89. The zero-order valence-electron chi connectivity index (χ0n) is 11.1. The third kappa shape index (κ3) is 2.08. The summed E-state index contributed by atoms with van der Waals surface area (Å²) in [5, 5.41) is 9.28. The highest BCUT2D eigenvalue weighted by atomic mass is 19.1. The van der Waals surface area contributed by atoms with E-state index in [0.29, 0.717) is 0 Å². The van der Waals surface area contributed by atoms with E-state index < -0.39 is 40.0 Å². The number of methoxy groups -OCH3 is 1. The average Bonchev–Trinajstić information content (AvgIpc) is 2.85. The predicted octanol–water partition coefficient (Wildman–Crippen LogP) is 2.15. The fourth-order valence-electron chi connectivity index (χ4n) is 2.01. The Morgan fingerprint density at radius 3 is 2.57 bits per heavy atom. The van der Waals surface area contributed by atoms with Crippen LogP contribution in [0.3, 0.4) is 0 Å². The molecule has 21 heavy (non-hydrogen) atoms. The van der Waals surface area contributed by atoms with Crippen molar-refractivity contribution in [2.24, 2.45) is 0 Å². The maximum absolute atomic E-state index is 14.2. The first-order chi connectivity index (χ1) is 9.97. The predicted molar refractivity (Wildman–Crippen MR) is 67.8 cm³/mol. The highest BCUT2D eigenvalue weighted by Crippen LogP contribution is 2.39. The number of aromatic amines is 1. The third-order valence-corrected chi connectivity index (χ3v) is 2.90. The van der Waals surface area contributed by atoms with Crippen LogP contribution < -0.4 is 4.74 Å². The van der Waals surface area contributed by atoms with Crippen molar-refractivity contribution >= 4 is 23.2 Å². The van der Waals surface area contributed by atoms with Gasteiger partial charge in [0.25, 0.3) is 0 Å². The summed E-state index contributed by atoms with van der Waals surface area (Å²) < 4.78 is 37.2. The number of fused-ring (bicyclic) bond motifs is 1. The number of H-pyrrole nitrogens is 1. The van der Waals surface area contributed by atoms with Gasteiger partial charge >= 0.3 is 5.97 Å². The first-order valence-electron chi connectivity index (χ1n) is 5.89. The van der Waals surface area contributed by atoms with Gasteiger partial charge < -0.3 is 19.6 Å². The van der Waals surface area contributed by atoms with Crippen LogP contribution in [-0.4, -0.2) is 36.1 Å². The molecule has 2 N–H and O–H groups in total. The fraction of sp³-hybridized carbons (Fsp3) is 0.231. The topological polar surface area (TPSA) is 88.6 Å². The van der Waals surface area contributed by atoms with Crippen LogP contribution in [0.25, 0.3) is 10.9 Å². The monoisotopic (exact) mass is 299 g/mol. The number of benzene rings is 1. The van der Waals surface area contributed by atoms with E-state index in [9.17, 15) is 23.5 Å². The molecular formula is C13H11F2NO5. The Morgan fingerprint density at radius 1 is 1.38 bits per heavy atom. The number of halogens is 2. The second kappa shape index (κ2) is 5.39. The molecule has 0 saturated heterocycles. The third-order valence-electron chi connectivity index (χ3n) is 2.90. The van der Waals surface area contributed by atoms with Crippen molar-refractivity contribution in [3.8, 4) is 11.5 Å². The van der Waals surface area contributed by atoms with Crippen molar-refractivity contribution in [1.82, 2.24) is 4.98 Å². The summed E-state index contributed by atoms with van der Waals surface area (Å²) in [4.78, 5) is 25.2. The number of carbonyl (C=O) groups excluding carboxylic acids is 2. The van der Waals surface area contributed by atoms with E-state index in [0.717, 1.165) is 7.11 Å². The van der Waals surface area contributed by atoms with Crippen LogP contribution in [0.5, 0.6) is 11.5 Å². The van der Waals surface area contributed by atoms with Gasteiger partial charge in [0.2, 0.25) is 5.82 Å². The number of hydrogen-bond acceptors (Lipinski definition) is 5. The summed E-state index contributed by atoms with van der Waals surface area (Å²) in [5.74, 6) is -5.26. The van der Waals surface area contributed by atoms with Crippen LogP contribution in [0, 0.1) is 11.6 Å². The molecule has 0 aliphatic rings. The number of carbonyl (C=O) groups is 2. The second-order valence-corrected chi connectivity index (χ2v) is 4.01. The zero-order valence-corrected chi connectivity index (χ0v) is 11.1. The Morgan fingerprint density at radius 2 is 2.05 bits per heavy atom. The highest BCUT2D eigenvalue weighted by Gasteiger charge is 2.28. The van der Waals surface area contributed by atoms with Crippen molar-refractivity contribution in [2.75, 3.05) is 13.7 Å². The zero-order chi connectivity index (χ0) is 15.7. The summed E-state index contributed by atoms with van der Waals surface area (Å²) in [5.41, 5.74) is -1.17. The van der Waals surface area contributed by atoms with Gasteiger partial charge in [-0.2, -0.15) is 4.39 Å². The normalized spacial score (nSPS) is 10.7. The molecule has 2 aromatic rings. The molecule has 1 aromatic carbocycles. The van der Waals surface area contributed by atoms with E-state index in [2.05, 4.69) is 9.72 Å². The summed E-state index contributed by atoms with van der Waals surface area (Å²) in [6.45, 7) is 1.57. The van der Waals surface area contributed by atoms with Crippen LogP contribution in [0.4, 0.5) is 8.78 Å². The largest absolute Gasteiger partial charge is 0.503 e. The molecule has 2 rings (SSSR count). The van der Waals surface area contributed by atoms with E-state index in [1.807, 2.05) is 0 Å². The Labute approximate surface area is 117 Å². The van der Waals surface area contributed by atoms with Gasteiger partial charge in [-0.05, 0) is 6.92 Å². The number of esters is 1. The average molecular weight is 299 g/mol. The highest BCUT2D eigenvalue weighted by molar-refractivity contribution is 6.10. The summed E-state index contributed by atoms with van der Waals surface area (Å²) in [6, 6.07) is 0. The standard InChI is InChI=1S/C13H11F2NO5/c1-3-21-13(19)9-5(4-17)6-7(14)12(20-2)8(15)11(18)10(6)16-9/h4,16,18H,3H2,1-2H3. The molecule has 1 aromatic heterocycles. The molecule has 0 unspecified atom stereocenters. The van der Waals surface area contributed by atoms with Crippen LogP contribution in [0.15, 0.2) is 0 Å². The Hall–Kier alpha value is -2.64. The van der Waals surface area contributed by atoms with E-state index >= 15 is 0 Å². The number of aromatic nitrogens is 1. The minimum absolute atomic E-state index is 0.0264. The van der Waals surface area contributed by atoms with E-state index in [4.69, 9.17) is 4.74 Å². The molecule has 0 fully saturated rings. The number of phenols is 1. The number of aldehydes is 1. The lowest BCUT2D eigenvalue weighted by Crippen LogP contribution is -2.07. The lowest BCUT2D eigenvalue weighted by Gasteiger charge is -2.06. The van der Waals surface area contributed by atoms with Crippen molar-refractivity contribution < 1.29 is 33.0 Å². The van der Waals surface area contributed by atoms with Crippen LogP contribution in [0.1, 0.15) is 27.8 Å². The molecule has 6 nitrogen and oxygen atoms in total. The first-order valence-corrected chi connectivity index (χ1v) is 5.89. The van der Waals surface area contributed by atoms with Crippen molar-refractivity contribution in [2.45, 2.75) is 6.92 Å². The van der Waals surface area contributed by atoms with Gasteiger partial charge in [0.1, 0.15) is 5.69 Å². The molecule has 1 heterocycles. The molecule has 0 amide bonds. The van der Waals surface area contributed by atoms with Crippen molar-refractivity contribution in [3.05, 3.63) is 22.9 Å². The molecule has 8 heteroatoms. The molecule has 112 valence electrons. The summed E-state index contributed by atoms with van der Waals surface area (Å²) in [6.07, 6.45) is 0.213. The maximum Gasteiger partial charge on any atom is 0.355 e. The van der Waals surface area contributed by atoms with Gasteiger partial charge in [0, 0.05) is 0 Å². The summed E-state index contributed by atoms with van der Waals surface area (Å²) >= 11 is 0. The molecule has 0 saturated carbocycles. The lowest BCUT2D eigenvalue weighted by molar-refractivity contribution is 0.0518. The molecule has 0 aliphatic heterocycles. The molecule has 0 bridgehead atoms. The SMILES string of the molecule is CCOC(=O)c1[nH]c2c(O)c(F)c(OC)c(F)c2c1C=O. The summed E-state index contributed by atoms with van der Waals surface area (Å²) in [7, 11) is 1.01. The quantitative estimate of drug-likeness (QED) is 0.667. The number of hydrogen-bond donors (Lipinski definition) is 2. The van der Waals surface area contributed by atoms with Crippen LogP contribution in [0.2, 0.25) is 0 Å². The number of nitrogens with one attached hydrogen (secondary N) is 1.